The number of benzene rings is 2. The second kappa shape index (κ2) is 6.53. The molecule has 0 aliphatic heterocycles. The number of nitrogens with one attached hydrogen (secondary N) is 1. The molecule has 2 rings (SSSR count). The lowest BCUT2D eigenvalue weighted by Gasteiger charge is -2.34. The minimum atomic E-state index is -0.655. The molecular formula is C17H20FNO. The van der Waals surface area contributed by atoms with Crippen molar-refractivity contribution in [1.29, 1.82) is 0 Å². The quantitative estimate of drug-likeness (QED) is 0.836. The Bertz CT molecular complexity index is 544. The van der Waals surface area contributed by atoms with Gasteiger partial charge in [0.15, 0.2) is 0 Å². The molecule has 2 aromatic carbocycles. The Morgan fingerprint density at radius 2 is 1.70 bits per heavy atom. The van der Waals surface area contributed by atoms with Crippen LogP contribution in [0.3, 0.4) is 0 Å². The number of hydrogen-bond donors (Lipinski definition) is 2. The third kappa shape index (κ3) is 2.99. The minimum absolute atomic E-state index is 0.0841. The van der Waals surface area contributed by atoms with E-state index in [0.29, 0.717) is 5.69 Å². The Morgan fingerprint density at radius 1 is 1.05 bits per heavy atom. The van der Waals surface area contributed by atoms with Crippen LogP contribution in [0.5, 0.6) is 0 Å². The summed E-state index contributed by atoms with van der Waals surface area (Å²) in [6, 6.07) is 16.3. The van der Waals surface area contributed by atoms with Gasteiger partial charge in [0.25, 0.3) is 0 Å². The number of halogens is 1. The van der Waals surface area contributed by atoms with Crippen molar-refractivity contribution in [3.63, 3.8) is 0 Å². The van der Waals surface area contributed by atoms with Crippen LogP contribution in [0.15, 0.2) is 54.6 Å². The summed E-state index contributed by atoms with van der Waals surface area (Å²) in [6.45, 7) is 1.97. The molecule has 106 valence electrons. The van der Waals surface area contributed by atoms with E-state index in [0.717, 1.165) is 18.4 Å². The SMILES string of the molecule is CCCC(CO)(Nc1ccccc1F)c1ccccc1. The first-order valence-electron chi connectivity index (χ1n) is 6.91. The molecule has 0 bridgehead atoms. The summed E-state index contributed by atoms with van der Waals surface area (Å²) in [5.41, 5.74) is 0.726. The summed E-state index contributed by atoms with van der Waals surface area (Å²) in [5.74, 6) is -0.308. The van der Waals surface area contributed by atoms with E-state index < -0.39 is 5.54 Å². The molecule has 20 heavy (non-hydrogen) atoms. The van der Waals surface area contributed by atoms with Crippen LogP contribution in [-0.4, -0.2) is 11.7 Å². The lowest BCUT2D eigenvalue weighted by molar-refractivity contribution is 0.202. The van der Waals surface area contributed by atoms with E-state index in [1.165, 1.54) is 6.07 Å². The lowest BCUT2D eigenvalue weighted by Crippen LogP contribution is -2.39. The molecule has 0 fully saturated rings. The molecule has 2 aromatic rings. The maximum Gasteiger partial charge on any atom is 0.146 e. The number of aliphatic hydroxyl groups is 1. The zero-order valence-corrected chi connectivity index (χ0v) is 11.6. The van der Waals surface area contributed by atoms with Gasteiger partial charge in [-0.2, -0.15) is 0 Å². The number of anilines is 1. The van der Waals surface area contributed by atoms with Crippen LogP contribution in [0.4, 0.5) is 10.1 Å². The van der Waals surface area contributed by atoms with Gasteiger partial charge in [-0.15, -0.1) is 0 Å². The fraction of sp³-hybridized carbons (Fsp3) is 0.294. The first-order chi connectivity index (χ1) is 9.72. The van der Waals surface area contributed by atoms with Gasteiger partial charge in [0.05, 0.1) is 17.8 Å². The topological polar surface area (TPSA) is 32.3 Å². The third-order valence-electron chi connectivity index (χ3n) is 3.52. The molecule has 0 aliphatic carbocycles. The highest BCUT2D eigenvalue weighted by Crippen LogP contribution is 2.31. The predicted octanol–water partition coefficient (Wildman–Crippen LogP) is 3.93. The summed E-state index contributed by atoms with van der Waals surface area (Å²) in [6.07, 6.45) is 1.61. The van der Waals surface area contributed by atoms with E-state index in [2.05, 4.69) is 12.2 Å². The van der Waals surface area contributed by atoms with Gasteiger partial charge in [0.2, 0.25) is 0 Å². The second-order valence-corrected chi connectivity index (χ2v) is 4.96. The van der Waals surface area contributed by atoms with Crippen LogP contribution >= 0.6 is 0 Å². The molecular weight excluding hydrogens is 253 g/mol. The third-order valence-corrected chi connectivity index (χ3v) is 3.52. The fourth-order valence-corrected chi connectivity index (χ4v) is 2.49. The Morgan fingerprint density at radius 3 is 2.30 bits per heavy atom. The van der Waals surface area contributed by atoms with E-state index >= 15 is 0 Å². The number of aliphatic hydroxyl groups excluding tert-OH is 1. The van der Waals surface area contributed by atoms with Gasteiger partial charge in [0.1, 0.15) is 5.82 Å². The van der Waals surface area contributed by atoms with E-state index in [1.807, 2.05) is 30.3 Å². The van der Waals surface area contributed by atoms with Gasteiger partial charge >= 0.3 is 0 Å². The van der Waals surface area contributed by atoms with Crippen molar-refractivity contribution >= 4 is 5.69 Å². The van der Waals surface area contributed by atoms with Crippen molar-refractivity contribution in [2.24, 2.45) is 0 Å². The van der Waals surface area contributed by atoms with E-state index in [1.54, 1.807) is 18.2 Å². The average Bonchev–Trinajstić information content (AvgIpc) is 2.50. The first kappa shape index (κ1) is 14.5. The minimum Gasteiger partial charge on any atom is -0.394 e. The monoisotopic (exact) mass is 273 g/mol. The summed E-state index contributed by atoms with van der Waals surface area (Å²) in [5, 5.41) is 13.1. The Kier molecular flexibility index (Phi) is 4.74. The number of hydrogen-bond acceptors (Lipinski definition) is 2. The molecule has 3 heteroatoms. The normalized spacial score (nSPS) is 13.8. The van der Waals surface area contributed by atoms with Gasteiger partial charge in [0, 0.05) is 0 Å². The van der Waals surface area contributed by atoms with Gasteiger partial charge < -0.3 is 10.4 Å². The Labute approximate surface area is 119 Å². The predicted molar refractivity (Wildman–Crippen MR) is 80.1 cm³/mol. The van der Waals surface area contributed by atoms with E-state index in [-0.39, 0.29) is 12.4 Å². The van der Waals surface area contributed by atoms with Crippen LogP contribution in [-0.2, 0) is 5.54 Å². The van der Waals surface area contributed by atoms with Crippen LogP contribution < -0.4 is 5.32 Å². The Balaban J connectivity index is 2.40. The maximum atomic E-state index is 13.9. The number of rotatable bonds is 6. The van der Waals surface area contributed by atoms with Crippen molar-refractivity contribution in [3.05, 3.63) is 66.0 Å². The van der Waals surface area contributed by atoms with Crippen molar-refractivity contribution in [2.45, 2.75) is 25.3 Å². The lowest BCUT2D eigenvalue weighted by atomic mass is 9.86. The van der Waals surface area contributed by atoms with Gasteiger partial charge in [-0.3, -0.25) is 0 Å². The molecule has 0 spiro atoms. The van der Waals surface area contributed by atoms with Gasteiger partial charge in [-0.05, 0) is 24.1 Å². The molecule has 0 aliphatic rings. The largest absolute Gasteiger partial charge is 0.394 e. The summed E-state index contributed by atoms with van der Waals surface area (Å²) in [4.78, 5) is 0. The molecule has 0 heterocycles. The molecule has 0 aromatic heterocycles. The molecule has 0 amide bonds. The zero-order valence-electron chi connectivity index (χ0n) is 11.6. The van der Waals surface area contributed by atoms with Crippen LogP contribution in [0, 0.1) is 5.82 Å². The highest BCUT2D eigenvalue weighted by molar-refractivity contribution is 5.49. The fourth-order valence-electron chi connectivity index (χ4n) is 2.49. The highest BCUT2D eigenvalue weighted by atomic mass is 19.1. The summed E-state index contributed by atoms with van der Waals surface area (Å²) < 4.78 is 13.9. The maximum absolute atomic E-state index is 13.9. The van der Waals surface area contributed by atoms with E-state index in [4.69, 9.17) is 0 Å². The summed E-state index contributed by atoms with van der Waals surface area (Å²) in [7, 11) is 0. The van der Waals surface area contributed by atoms with Crippen LogP contribution in [0.25, 0.3) is 0 Å². The standard InChI is InChI=1S/C17H20FNO/c1-2-12-17(13-20,14-8-4-3-5-9-14)19-16-11-7-6-10-15(16)18/h3-11,19-20H,2,12-13H2,1H3. The molecule has 0 saturated carbocycles. The van der Waals surface area contributed by atoms with Gasteiger partial charge in [-0.1, -0.05) is 55.8 Å². The molecule has 2 nitrogen and oxygen atoms in total. The number of para-hydroxylation sites is 1. The average molecular weight is 273 g/mol. The molecule has 1 unspecified atom stereocenters. The zero-order chi connectivity index (χ0) is 14.4. The van der Waals surface area contributed by atoms with Crippen molar-refractivity contribution < 1.29 is 9.50 Å². The van der Waals surface area contributed by atoms with Crippen LogP contribution in [0.1, 0.15) is 25.3 Å². The molecule has 2 N–H and O–H groups in total. The van der Waals surface area contributed by atoms with E-state index in [9.17, 15) is 9.50 Å². The molecule has 1 atom stereocenters. The Hall–Kier alpha value is -1.87. The van der Waals surface area contributed by atoms with Crippen LogP contribution in [0.2, 0.25) is 0 Å². The molecule has 0 saturated heterocycles. The molecule has 0 radical (unpaired) electrons. The second-order valence-electron chi connectivity index (χ2n) is 4.96. The first-order valence-corrected chi connectivity index (χ1v) is 6.91. The highest BCUT2D eigenvalue weighted by Gasteiger charge is 2.31. The van der Waals surface area contributed by atoms with Crippen molar-refractivity contribution in [1.82, 2.24) is 0 Å². The van der Waals surface area contributed by atoms with Crippen molar-refractivity contribution in [2.75, 3.05) is 11.9 Å². The van der Waals surface area contributed by atoms with Gasteiger partial charge in [-0.25, -0.2) is 4.39 Å². The smallest absolute Gasteiger partial charge is 0.146 e. The van der Waals surface area contributed by atoms with Crippen molar-refractivity contribution in [3.8, 4) is 0 Å². The summed E-state index contributed by atoms with van der Waals surface area (Å²) >= 11 is 0.